The molecule has 1 aromatic carbocycles. The van der Waals surface area contributed by atoms with Crippen molar-refractivity contribution in [3.63, 3.8) is 0 Å². The van der Waals surface area contributed by atoms with Crippen LogP contribution < -0.4 is 15.2 Å². The van der Waals surface area contributed by atoms with Crippen molar-refractivity contribution in [3.05, 3.63) is 18.2 Å². The molecule has 1 aromatic rings. The van der Waals surface area contributed by atoms with Gasteiger partial charge in [-0.15, -0.1) is 0 Å². The Bertz CT molecular complexity index is 542. The van der Waals surface area contributed by atoms with Crippen LogP contribution in [0, 0.1) is 0 Å². The molecule has 0 bridgehead atoms. The first-order valence-electron chi connectivity index (χ1n) is 6.39. The second-order valence-corrected chi connectivity index (χ2v) is 6.96. The molecule has 5 nitrogen and oxygen atoms in total. The van der Waals surface area contributed by atoms with Gasteiger partial charge in [-0.2, -0.15) is 0 Å². The molecule has 6 heteroatoms. The molecule has 0 aromatic heterocycles. The number of nitrogens with two attached hydrogens (primary N) is 1. The normalized spacial score (nSPS) is 16.7. The minimum atomic E-state index is -3.36. The summed E-state index contributed by atoms with van der Waals surface area (Å²) in [6, 6.07) is 4.77. The first-order chi connectivity index (χ1) is 9.05. The molecule has 0 fully saturated rings. The summed E-state index contributed by atoms with van der Waals surface area (Å²) in [5, 5.41) is -0.498. The Labute approximate surface area is 113 Å². The smallest absolute Gasteiger partial charge is 0.181 e. The molecule has 19 heavy (non-hydrogen) atoms. The van der Waals surface area contributed by atoms with Crippen LogP contribution in [0.4, 0.5) is 0 Å². The van der Waals surface area contributed by atoms with Crippen LogP contribution >= 0.6 is 0 Å². The maximum Gasteiger partial charge on any atom is 0.181 e. The van der Waals surface area contributed by atoms with Gasteiger partial charge in [0.25, 0.3) is 0 Å². The summed E-state index contributed by atoms with van der Waals surface area (Å²) in [4.78, 5) is 0.262. The van der Waals surface area contributed by atoms with Crippen LogP contribution in [-0.2, 0) is 9.84 Å². The number of ether oxygens (including phenoxy) is 2. The predicted octanol–water partition coefficient (Wildman–Crippen LogP) is 1.36. The van der Waals surface area contributed by atoms with Crippen molar-refractivity contribution >= 4 is 9.84 Å². The van der Waals surface area contributed by atoms with Gasteiger partial charge in [-0.25, -0.2) is 8.42 Å². The summed E-state index contributed by atoms with van der Waals surface area (Å²) >= 11 is 0. The standard InChI is InChI=1S/C13H19NO4S/c1-10(5-6-14)19(15,16)11-3-4-12-13(9-11)18-8-2-7-17-12/h3-4,9-10H,2,5-8,14H2,1H3. The molecule has 0 aliphatic carbocycles. The monoisotopic (exact) mass is 285 g/mol. The predicted molar refractivity (Wildman–Crippen MR) is 72.4 cm³/mol. The van der Waals surface area contributed by atoms with Gasteiger partial charge in [0.2, 0.25) is 0 Å². The fourth-order valence-electron chi connectivity index (χ4n) is 1.94. The Balaban J connectivity index is 2.33. The van der Waals surface area contributed by atoms with Gasteiger partial charge in [-0.3, -0.25) is 0 Å². The van der Waals surface area contributed by atoms with E-state index >= 15 is 0 Å². The third-order valence-electron chi connectivity index (χ3n) is 3.15. The number of hydrogen-bond donors (Lipinski definition) is 1. The SMILES string of the molecule is CC(CCN)S(=O)(=O)c1ccc2c(c1)OCCCO2. The Kier molecular flexibility index (Phi) is 4.31. The number of benzene rings is 1. The molecule has 1 atom stereocenters. The first kappa shape index (κ1) is 14.1. The molecule has 0 radical (unpaired) electrons. The lowest BCUT2D eigenvalue weighted by Gasteiger charge is -2.14. The lowest BCUT2D eigenvalue weighted by atomic mass is 10.3. The molecule has 1 unspecified atom stereocenters. The number of hydrogen-bond acceptors (Lipinski definition) is 5. The van der Waals surface area contributed by atoms with E-state index in [1.54, 1.807) is 25.1 Å². The van der Waals surface area contributed by atoms with Gasteiger partial charge in [-0.05, 0) is 32.0 Å². The van der Waals surface area contributed by atoms with E-state index in [-0.39, 0.29) is 4.90 Å². The van der Waals surface area contributed by atoms with E-state index in [9.17, 15) is 8.42 Å². The zero-order valence-electron chi connectivity index (χ0n) is 11.0. The van der Waals surface area contributed by atoms with Crippen LogP contribution in [0.15, 0.2) is 23.1 Å². The van der Waals surface area contributed by atoms with Crippen molar-refractivity contribution in [3.8, 4) is 11.5 Å². The van der Waals surface area contributed by atoms with E-state index in [4.69, 9.17) is 15.2 Å². The van der Waals surface area contributed by atoms with Gasteiger partial charge >= 0.3 is 0 Å². The highest BCUT2D eigenvalue weighted by atomic mass is 32.2. The van der Waals surface area contributed by atoms with Crippen molar-refractivity contribution in [2.45, 2.75) is 29.9 Å². The topological polar surface area (TPSA) is 78.6 Å². The van der Waals surface area contributed by atoms with Crippen molar-refractivity contribution in [1.82, 2.24) is 0 Å². The Morgan fingerprint density at radius 3 is 2.63 bits per heavy atom. The Morgan fingerprint density at radius 1 is 1.26 bits per heavy atom. The summed E-state index contributed by atoms with van der Waals surface area (Å²) in [6.07, 6.45) is 1.23. The summed E-state index contributed by atoms with van der Waals surface area (Å²) in [5.41, 5.74) is 5.43. The highest BCUT2D eigenvalue weighted by Gasteiger charge is 2.24. The molecule has 2 rings (SSSR count). The molecule has 1 heterocycles. The van der Waals surface area contributed by atoms with E-state index in [0.717, 1.165) is 6.42 Å². The molecule has 1 aliphatic rings. The Hall–Kier alpha value is -1.27. The largest absolute Gasteiger partial charge is 0.490 e. The third kappa shape index (κ3) is 3.01. The zero-order chi connectivity index (χ0) is 13.9. The summed E-state index contributed by atoms with van der Waals surface area (Å²) in [7, 11) is -3.36. The second kappa shape index (κ2) is 5.79. The van der Waals surface area contributed by atoms with Crippen molar-refractivity contribution in [2.75, 3.05) is 19.8 Å². The van der Waals surface area contributed by atoms with Gasteiger partial charge in [-0.1, -0.05) is 0 Å². The van der Waals surface area contributed by atoms with Gasteiger partial charge < -0.3 is 15.2 Å². The second-order valence-electron chi connectivity index (χ2n) is 4.59. The average Bonchev–Trinajstić information content (AvgIpc) is 2.63. The minimum absolute atomic E-state index is 0.262. The number of fused-ring (bicyclic) bond motifs is 1. The van der Waals surface area contributed by atoms with Crippen LogP contribution in [0.3, 0.4) is 0 Å². The van der Waals surface area contributed by atoms with Crippen LogP contribution in [-0.4, -0.2) is 33.4 Å². The molecule has 2 N–H and O–H groups in total. The molecule has 1 aliphatic heterocycles. The van der Waals surface area contributed by atoms with Crippen molar-refractivity contribution in [1.29, 1.82) is 0 Å². The van der Waals surface area contributed by atoms with Gasteiger partial charge in [0.15, 0.2) is 21.3 Å². The lowest BCUT2D eigenvalue weighted by Crippen LogP contribution is -2.21. The quantitative estimate of drug-likeness (QED) is 0.903. The van der Waals surface area contributed by atoms with Crippen LogP contribution in [0.25, 0.3) is 0 Å². The first-order valence-corrected chi connectivity index (χ1v) is 7.94. The summed E-state index contributed by atoms with van der Waals surface area (Å²) < 4.78 is 35.7. The molecular weight excluding hydrogens is 266 g/mol. The van der Waals surface area contributed by atoms with Crippen LogP contribution in [0.5, 0.6) is 11.5 Å². The van der Waals surface area contributed by atoms with Crippen molar-refractivity contribution < 1.29 is 17.9 Å². The minimum Gasteiger partial charge on any atom is -0.490 e. The van der Waals surface area contributed by atoms with Gasteiger partial charge in [0.05, 0.1) is 23.4 Å². The molecule has 0 saturated heterocycles. The average molecular weight is 285 g/mol. The van der Waals surface area contributed by atoms with E-state index < -0.39 is 15.1 Å². The summed E-state index contributed by atoms with van der Waals surface area (Å²) in [6.45, 7) is 3.15. The van der Waals surface area contributed by atoms with E-state index in [1.165, 1.54) is 0 Å². The summed E-state index contributed by atoms with van der Waals surface area (Å²) in [5.74, 6) is 1.10. The maximum atomic E-state index is 12.3. The number of sulfone groups is 1. The fourth-order valence-corrected chi connectivity index (χ4v) is 3.38. The van der Waals surface area contributed by atoms with E-state index in [0.29, 0.717) is 37.7 Å². The highest BCUT2D eigenvalue weighted by Crippen LogP contribution is 2.33. The molecule has 106 valence electrons. The van der Waals surface area contributed by atoms with Crippen LogP contribution in [0.1, 0.15) is 19.8 Å². The van der Waals surface area contributed by atoms with Gasteiger partial charge in [0, 0.05) is 12.5 Å². The molecule has 0 saturated carbocycles. The molecule has 0 amide bonds. The lowest BCUT2D eigenvalue weighted by molar-refractivity contribution is 0.297. The van der Waals surface area contributed by atoms with Crippen molar-refractivity contribution in [2.24, 2.45) is 5.73 Å². The van der Waals surface area contributed by atoms with E-state index in [2.05, 4.69) is 0 Å². The van der Waals surface area contributed by atoms with E-state index in [1.807, 2.05) is 0 Å². The highest BCUT2D eigenvalue weighted by molar-refractivity contribution is 7.92. The van der Waals surface area contributed by atoms with Crippen LogP contribution in [0.2, 0.25) is 0 Å². The fraction of sp³-hybridized carbons (Fsp3) is 0.538. The van der Waals surface area contributed by atoms with Gasteiger partial charge in [0.1, 0.15) is 0 Å². The molecular formula is C13H19NO4S. The Morgan fingerprint density at radius 2 is 1.95 bits per heavy atom. The zero-order valence-corrected chi connectivity index (χ0v) is 11.8. The number of rotatable bonds is 4. The maximum absolute atomic E-state index is 12.3. The third-order valence-corrected chi connectivity index (χ3v) is 5.36. The molecule has 0 spiro atoms.